The fourth-order valence-electron chi connectivity index (χ4n) is 4.11. The van der Waals surface area contributed by atoms with Crippen LogP contribution in [0.25, 0.3) is 0 Å². The molecule has 2 heterocycles. The molecule has 3 rings (SSSR count). The first-order valence-electron chi connectivity index (χ1n) is 10.1. The van der Waals surface area contributed by atoms with Crippen LogP contribution in [0.3, 0.4) is 0 Å². The van der Waals surface area contributed by atoms with Crippen LogP contribution >= 0.6 is 0 Å². The Morgan fingerprint density at radius 1 is 1.17 bits per heavy atom. The molecule has 1 atom stereocenters. The molecular weight excluding hydrogens is 376 g/mol. The molecule has 0 radical (unpaired) electrons. The van der Waals surface area contributed by atoms with Crippen LogP contribution in [0.1, 0.15) is 44.9 Å². The Balaban J connectivity index is 1.65. The van der Waals surface area contributed by atoms with E-state index in [4.69, 9.17) is 5.21 Å². The summed E-state index contributed by atoms with van der Waals surface area (Å²) in [5.74, 6) is -0.0883. The molecule has 1 aromatic rings. The number of nitrogens with one attached hydrogen (secondary N) is 2. The summed E-state index contributed by atoms with van der Waals surface area (Å²) in [6.07, 6.45) is 11.2. The van der Waals surface area contributed by atoms with Gasteiger partial charge < -0.3 is 15.1 Å². The number of hydrogen-bond donors (Lipinski definition) is 3. The molecular formula is C19H28N6O4. The Bertz CT molecular complexity index is 710. The van der Waals surface area contributed by atoms with Gasteiger partial charge in [0.05, 0.1) is 6.20 Å². The molecule has 1 aliphatic heterocycles. The Morgan fingerprint density at radius 3 is 2.66 bits per heavy atom. The molecule has 10 heteroatoms. The number of hydrogen-bond acceptors (Lipinski definition) is 6. The first kappa shape index (κ1) is 21.0. The molecule has 4 amide bonds. The molecule has 2 aliphatic rings. The van der Waals surface area contributed by atoms with Crippen LogP contribution in [0.2, 0.25) is 0 Å². The number of urea groups is 1. The molecule has 10 nitrogen and oxygen atoms in total. The largest absolute Gasteiger partial charge is 0.321 e. The van der Waals surface area contributed by atoms with Crippen LogP contribution in [-0.2, 0) is 9.59 Å². The second kappa shape index (κ2) is 10.1. The van der Waals surface area contributed by atoms with Crippen LogP contribution in [0.15, 0.2) is 18.6 Å². The lowest BCUT2D eigenvalue weighted by Gasteiger charge is -2.31. The van der Waals surface area contributed by atoms with Gasteiger partial charge in [0, 0.05) is 25.5 Å². The van der Waals surface area contributed by atoms with Crippen LogP contribution in [-0.4, -0.2) is 68.5 Å². The van der Waals surface area contributed by atoms with Gasteiger partial charge in [-0.3, -0.25) is 19.8 Å². The highest BCUT2D eigenvalue weighted by Gasteiger charge is 2.37. The normalized spacial score (nSPS) is 19.2. The van der Waals surface area contributed by atoms with E-state index < -0.39 is 11.9 Å². The van der Waals surface area contributed by atoms with Crippen molar-refractivity contribution in [3.8, 4) is 0 Å². The third kappa shape index (κ3) is 5.63. The number of hydroxylamine groups is 1. The zero-order valence-corrected chi connectivity index (χ0v) is 16.4. The van der Waals surface area contributed by atoms with Crippen molar-refractivity contribution in [2.45, 2.75) is 51.0 Å². The highest BCUT2D eigenvalue weighted by molar-refractivity contribution is 5.97. The van der Waals surface area contributed by atoms with Gasteiger partial charge in [0.1, 0.15) is 12.6 Å². The summed E-state index contributed by atoms with van der Waals surface area (Å²) in [5, 5.41) is 11.6. The molecule has 29 heavy (non-hydrogen) atoms. The summed E-state index contributed by atoms with van der Waals surface area (Å²) in [5.41, 5.74) is 1.59. The summed E-state index contributed by atoms with van der Waals surface area (Å²) in [7, 11) is 0. The molecule has 1 saturated heterocycles. The minimum Gasteiger partial charge on any atom is -0.315 e. The molecule has 1 saturated carbocycles. The number of carbonyl (C=O) groups is 3. The molecule has 1 aromatic heterocycles. The lowest BCUT2D eigenvalue weighted by molar-refractivity contribution is -0.129. The predicted octanol–water partition coefficient (Wildman–Crippen LogP) is 1.39. The van der Waals surface area contributed by atoms with Crippen LogP contribution < -0.4 is 10.8 Å². The van der Waals surface area contributed by atoms with E-state index in [1.54, 1.807) is 5.48 Å². The highest BCUT2D eigenvalue weighted by atomic mass is 16.5. The molecule has 1 aliphatic carbocycles. The fraction of sp³-hybridized carbons (Fsp3) is 0.632. The number of carbonyl (C=O) groups excluding carboxylic acids is 3. The molecule has 0 aromatic carbocycles. The molecule has 0 bridgehead atoms. The predicted molar refractivity (Wildman–Crippen MR) is 104 cm³/mol. The smallest absolute Gasteiger partial charge is 0.315 e. The van der Waals surface area contributed by atoms with Crippen molar-refractivity contribution in [3.05, 3.63) is 18.6 Å². The monoisotopic (exact) mass is 404 g/mol. The van der Waals surface area contributed by atoms with Crippen molar-refractivity contribution in [2.24, 2.45) is 5.92 Å². The van der Waals surface area contributed by atoms with Crippen LogP contribution in [0, 0.1) is 5.92 Å². The van der Waals surface area contributed by atoms with E-state index in [2.05, 4.69) is 15.3 Å². The van der Waals surface area contributed by atoms with Crippen molar-refractivity contribution in [3.63, 3.8) is 0 Å². The minimum atomic E-state index is -0.649. The van der Waals surface area contributed by atoms with E-state index in [0.717, 1.165) is 19.3 Å². The molecule has 0 spiro atoms. The maximum absolute atomic E-state index is 13.2. The number of nitrogens with zero attached hydrogens (tertiary/aromatic N) is 4. The molecule has 2 fully saturated rings. The lowest BCUT2D eigenvalue weighted by Crippen LogP contribution is -2.51. The average molecular weight is 404 g/mol. The van der Waals surface area contributed by atoms with Gasteiger partial charge >= 0.3 is 6.03 Å². The lowest BCUT2D eigenvalue weighted by atomic mass is 10.0. The second-order valence-electron chi connectivity index (χ2n) is 7.61. The van der Waals surface area contributed by atoms with Gasteiger partial charge in [-0.25, -0.2) is 15.3 Å². The maximum atomic E-state index is 13.2. The quantitative estimate of drug-likeness (QED) is 0.465. The third-order valence-corrected chi connectivity index (χ3v) is 5.63. The molecule has 0 unspecified atom stereocenters. The Labute approximate surface area is 169 Å². The van der Waals surface area contributed by atoms with Crippen LogP contribution in [0.4, 0.5) is 10.6 Å². The van der Waals surface area contributed by atoms with Crippen molar-refractivity contribution in [2.75, 3.05) is 25.0 Å². The number of rotatable bonds is 7. The Kier molecular flexibility index (Phi) is 7.34. The van der Waals surface area contributed by atoms with Crippen molar-refractivity contribution >= 4 is 23.7 Å². The molecule has 158 valence electrons. The van der Waals surface area contributed by atoms with Crippen LogP contribution in [0.5, 0.6) is 0 Å². The van der Waals surface area contributed by atoms with Gasteiger partial charge in [-0.1, -0.05) is 25.7 Å². The van der Waals surface area contributed by atoms with Gasteiger partial charge in [-0.05, 0) is 25.2 Å². The number of anilines is 1. The molecule has 3 N–H and O–H groups in total. The number of aromatic nitrogens is 2. The topological polar surface area (TPSA) is 128 Å². The van der Waals surface area contributed by atoms with E-state index in [9.17, 15) is 14.4 Å². The van der Waals surface area contributed by atoms with Crippen molar-refractivity contribution in [1.29, 1.82) is 0 Å². The maximum Gasteiger partial charge on any atom is 0.321 e. The average Bonchev–Trinajstić information content (AvgIpc) is 3.43. The summed E-state index contributed by atoms with van der Waals surface area (Å²) in [4.78, 5) is 48.4. The van der Waals surface area contributed by atoms with E-state index >= 15 is 0 Å². The van der Waals surface area contributed by atoms with Gasteiger partial charge in [0.25, 0.3) is 5.91 Å². The summed E-state index contributed by atoms with van der Waals surface area (Å²) in [6, 6.07) is -0.987. The second-order valence-corrected chi connectivity index (χ2v) is 7.61. The fourth-order valence-corrected chi connectivity index (χ4v) is 4.11. The van der Waals surface area contributed by atoms with Crippen molar-refractivity contribution < 1.29 is 19.6 Å². The van der Waals surface area contributed by atoms with E-state index in [-0.39, 0.29) is 18.5 Å². The number of likely N-dealkylation sites (tertiary alicyclic amines) is 1. The van der Waals surface area contributed by atoms with Gasteiger partial charge in [-0.2, -0.15) is 0 Å². The van der Waals surface area contributed by atoms with Gasteiger partial charge in [0.2, 0.25) is 5.91 Å². The first-order valence-corrected chi connectivity index (χ1v) is 10.1. The van der Waals surface area contributed by atoms with Gasteiger partial charge in [0.15, 0.2) is 5.82 Å². The summed E-state index contributed by atoms with van der Waals surface area (Å²) in [6.45, 7) is 0.626. The third-order valence-electron chi connectivity index (χ3n) is 5.63. The summed E-state index contributed by atoms with van der Waals surface area (Å²) >= 11 is 0. The minimum absolute atomic E-state index is 0.239. The van der Waals surface area contributed by atoms with E-state index in [1.807, 2.05) is 0 Å². The van der Waals surface area contributed by atoms with Gasteiger partial charge in [-0.15, -0.1) is 0 Å². The van der Waals surface area contributed by atoms with E-state index in [1.165, 1.54) is 41.2 Å². The van der Waals surface area contributed by atoms with Crippen molar-refractivity contribution in [1.82, 2.24) is 25.2 Å². The highest BCUT2D eigenvalue weighted by Crippen LogP contribution is 2.28. The first-order chi connectivity index (χ1) is 14.1. The SMILES string of the molecule is O=C(CN(CCC1CCCC1)C(=O)N1CCC[C@H]1C(=O)Nc1cnccn1)NO. The standard InChI is InChI=1S/C19H28N6O4/c26-17(23-29)13-24(11-7-14-4-1-2-5-14)19(28)25-10-3-6-15(25)18(27)22-16-12-20-8-9-21-16/h8-9,12,14-15,29H,1-7,10-11,13H2,(H,23,26)(H,21,22,27)/t15-/m0/s1. The summed E-state index contributed by atoms with van der Waals surface area (Å²) < 4.78 is 0. The zero-order valence-electron chi connectivity index (χ0n) is 16.4. The Hall–Kier alpha value is -2.75. The van der Waals surface area contributed by atoms with E-state index in [0.29, 0.717) is 37.7 Å². The Morgan fingerprint density at radius 2 is 1.97 bits per heavy atom. The number of amides is 4. The zero-order chi connectivity index (χ0) is 20.6.